The summed E-state index contributed by atoms with van der Waals surface area (Å²) in [6.45, 7) is 2.58. The van der Waals surface area contributed by atoms with Crippen LogP contribution < -0.4 is 16.6 Å². The molecule has 0 radical (unpaired) electrons. The van der Waals surface area contributed by atoms with Crippen molar-refractivity contribution >= 4 is 23.1 Å². The summed E-state index contributed by atoms with van der Waals surface area (Å²) in [5.74, 6) is 6.40. The Bertz CT molecular complexity index is 455. The zero-order valence-electron chi connectivity index (χ0n) is 8.77. The van der Waals surface area contributed by atoms with Gasteiger partial charge in [0.05, 0.1) is 17.7 Å². The van der Waals surface area contributed by atoms with Crippen LogP contribution in [0.4, 0.5) is 11.8 Å². The molecular weight excluding hydrogens is 224 g/mol. The van der Waals surface area contributed by atoms with Crippen LogP contribution in [0.2, 0.25) is 0 Å². The lowest BCUT2D eigenvalue weighted by Crippen LogP contribution is -2.12. The number of hydrazine groups is 1. The topological polar surface area (TPSA) is 88.8 Å². The fourth-order valence-corrected chi connectivity index (χ4v) is 1.75. The lowest BCUT2D eigenvalue weighted by Gasteiger charge is -2.08. The van der Waals surface area contributed by atoms with Gasteiger partial charge in [0.2, 0.25) is 5.95 Å². The third-order valence-corrected chi connectivity index (χ3v) is 2.66. The first-order valence-electron chi connectivity index (χ1n) is 4.71. The van der Waals surface area contributed by atoms with Crippen molar-refractivity contribution in [1.29, 1.82) is 0 Å². The first kappa shape index (κ1) is 10.8. The molecule has 0 amide bonds. The number of hydrogen-bond donors (Lipinski definition) is 3. The Hall–Kier alpha value is -1.73. The van der Waals surface area contributed by atoms with E-state index in [-0.39, 0.29) is 0 Å². The number of nitrogen functional groups attached to an aromatic ring is 1. The average Bonchev–Trinajstić information content (AvgIpc) is 2.81. The van der Waals surface area contributed by atoms with Crippen molar-refractivity contribution in [3.63, 3.8) is 0 Å². The predicted octanol–water partition coefficient (Wildman–Crippen LogP) is 1.14. The first-order chi connectivity index (χ1) is 7.79. The number of nitrogens with two attached hydrogens (primary N) is 1. The van der Waals surface area contributed by atoms with Gasteiger partial charge < -0.3 is 5.32 Å². The Morgan fingerprint density at radius 1 is 1.44 bits per heavy atom. The summed E-state index contributed by atoms with van der Waals surface area (Å²) in [5, 5.41) is 5.18. The quantitative estimate of drug-likeness (QED) is 0.545. The summed E-state index contributed by atoms with van der Waals surface area (Å²) >= 11 is 1.57. The van der Waals surface area contributed by atoms with Gasteiger partial charge in [-0.1, -0.05) is 0 Å². The van der Waals surface area contributed by atoms with Crippen LogP contribution in [0, 0.1) is 6.92 Å². The molecule has 0 atom stereocenters. The van der Waals surface area contributed by atoms with Gasteiger partial charge in [-0.2, -0.15) is 4.98 Å². The van der Waals surface area contributed by atoms with E-state index in [0.717, 1.165) is 17.1 Å². The highest BCUT2D eigenvalue weighted by Crippen LogP contribution is 2.13. The van der Waals surface area contributed by atoms with Gasteiger partial charge in [-0.3, -0.25) is 5.43 Å². The van der Waals surface area contributed by atoms with E-state index in [2.05, 4.69) is 25.7 Å². The summed E-state index contributed by atoms with van der Waals surface area (Å²) in [5.41, 5.74) is 6.17. The van der Waals surface area contributed by atoms with Gasteiger partial charge in [0.1, 0.15) is 5.82 Å². The third kappa shape index (κ3) is 2.44. The number of hydrogen-bond acceptors (Lipinski definition) is 7. The Kier molecular flexibility index (Phi) is 3.28. The molecule has 0 bridgehead atoms. The van der Waals surface area contributed by atoms with E-state index in [1.165, 1.54) is 0 Å². The van der Waals surface area contributed by atoms with E-state index in [1.807, 2.05) is 12.3 Å². The van der Waals surface area contributed by atoms with Crippen LogP contribution in [0.25, 0.3) is 0 Å². The van der Waals surface area contributed by atoms with Gasteiger partial charge in [0.15, 0.2) is 0 Å². The fraction of sp³-hybridized carbons (Fsp3) is 0.222. The van der Waals surface area contributed by atoms with Crippen molar-refractivity contribution in [2.24, 2.45) is 5.84 Å². The van der Waals surface area contributed by atoms with Gasteiger partial charge in [0, 0.05) is 17.1 Å². The molecule has 4 N–H and O–H groups in total. The first-order valence-corrected chi connectivity index (χ1v) is 5.65. The maximum absolute atomic E-state index is 5.25. The maximum Gasteiger partial charge on any atom is 0.239 e. The molecule has 16 heavy (non-hydrogen) atoms. The molecular formula is C9H12N6S. The molecule has 2 rings (SSSR count). The Balaban J connectivity index is 2.08. The molecule has 2 heterocycles. The Morgan fingerprint density at radius 2 is 2.31 bits per heavy atom. The van der Waals surface area contributed by atoms with Crippen molar-refractivity contribution in [2.45, 2.75) is 13.5 Å². The van der Waals surface area contributed by atoms with Gasteiger partial charge in [-0.15, -0.1) is 11.3 Å². The van der Waals surface area contributed by atoms with Crippen molar-refractivity contribution in [1.82, 2.24) is 15.0 Å². The van der Waals surface area contributed by atoms with Crippen molar-refractivity contribution < 1.29 is 0 Å². The van der Waals surface area contributed by atoms with Crippen molar-refractivity contribution in [3.8, 4) is 0 Å². The molecule has 0 saturated heterocycles. The summed E-state index contributed by atoms with van der Waals surface area (Å²) in [7, 11) is 0. The van der Waals surface area contributed by atoms with E-state index >= 15 is 0 Å². The largest absolute Gasteiger partial charge is 0.364 e. The highest BCUT2D eigenvalue weighted by Gasteiger charge is 2.03. The van der Waals surface area contributed by atoms with Crippen molar-refractivity contribution in [2.75, 3.05) is 10.7 Å². The zero-order chi connectivity index (χ0) is 11.4. The van der Waals surface area contributed by atoms with Crippen LogP contribution >= 0.6 is 11.3 Å². The van der Waals surface area contributed by atoms with Crippen LogP contribution in [0.5, 0.6) is 0 Å². The SMILES string of the molecule is Cc1cnc(NN)nc1NCc1cscn1. The minimum absolute atomic E-state index is 0.395. The highest BCUT2D eigenvalue weighted by atomic mass is 32.1. The maximum atomic E-state index is 5.25. The van der Waals surface area contributed by atoms with Gasteiger partial charge in [-0.25, -0.2) is 15.8 Å². The number of aryl methyl sites for hydroxylation is 1. The molecule has 2 aromatic heterocycles. The molecule has 0 saturated carbocycles. The van der Waals surface area contributed by atoms with E-state index in [4.69, 9.17) is 5.84 Å². The minimum atomic E-state index is 0.395. The van der Waals surface area contributed by atoms with Crippen LogP contribution in [0.3, 0.4) is 0 Å². The third-order valence-electron chi connectivity index (χ3n) is 2.02. The number of nitrogens with one attached hydrogen (secondary N) is 2. The average molecular weight is 236 g/mol. The van der Waals surface area contributed by atoms with E-state index < -0.39 is 0 Å². The molecule has 0 aromatic carbocycles. The van der Waals surface area contributed by atoms with E-state index in [9.17, 15) is 0 Å². The smallest absolute Gasteiger partial charge is 0.239 e. The molecule has 6 nitrogen and oxygen atoms in total. The molecule has 2 aromatic rings. The minimum Gasteiger partial charge on any atom is -0.364 e. The fourth-order valence-electron chi connectivity index (χ4n) is 1.19. The van der Waals surface area contributed by atoms with Gasteiger partial charge in [-0.05, 0) is 6.92 Å². The Labute approximate surface area is 96.9 Å². The number of aromatic nitrogens is 3. The number of nitrogens with zero attached hydrogens (tertiary/aromatic N) is 3. The molecule has 7 heteroatoms. The van der Waals surface area contributed by atoms with E-state index in [0.29, 0.717) is 12.5 Å². The number of rotatable bonds is 4. The van der Waals surface area contributed by atoms with Crippen molar-refractivity contribution in [3.05, 3.63) is 28.3 Å². The molecule has 0 aliphatic rings. The second-order valence-corrected chi connectivity index (χ2v) is 3.92. The second-order valence-electron chi connectivity index (χ2n) is 3.20. The highest BCUT2D eigenvalue weighted by molar-refractivity contribution is 7.07. The van der Waals surface area contributed by atoms with Crippen LogP contribution in [0.1, 0.15) is 11.3 Å². The Morgan fingerprint density at radius 3 is 3.00 bits per heavy atom. The molecule has 0 spiro atoms. The molecule has 0 unspecified atom stereocenters. The lowest BCUT2D eigenvalue weighted by molar-refractivity contribution is 1.02. The predicted molar refractivity (Wildman–Crippen MR) is 64.0 cm³/mol. The standard InChI is InChI=1S/C9H12N6S/c1-6-2-12-9(15-10)14-8(6)11-3-7-4-16-5-13-7/h2,4-5H,3,10H2,1H3,(H2,11,12,14,15). The van der Waals surface area contributed by atoms with Crippen LogP contribution in [-0.2, 0) is 6.54 Å². The lowest BCUT2D eigenvalue weighted by atomic mass is 10.3. The monoisotopic (exact) mass is 236 g/mol. The molecule has 0 aliphatic heterocycles. The molecule has 0 fully saturated rings. The van der Waals surface area contributed by atoms with Gasteiger partial charge >= 0.3 is 0 Å². The second kappa shape index (κ2) is 4.86. The normalized spacial score (nSPS) is 10.1. The summed E-state index contributed by atoms with van der Waals surface area (Å²) in [6, 6.07) is 0. The number of anilines is 2. The molecule has 0 aliphatic carbocycles. The summed E-state index contributed by atoms with van der Waals surface area (Å²) in [4.78, 5) is 12.4. The summed E-state index contributed by atoms with van der Waals surface area (Å²) < 4.78 is 0. The van der Waals surface area contributed by atoms with Crippen LogP contribution in [-0.4, -0.2) is 15.0 Å². The van der Waals surface area contributed by atoms with Crippen LogP contribution in [0.15, 0.2) is 17.1 Å². The van der Waals surface area contributed by atoms with E-state index in [1.54, 1.807) is 23.0 Å². The molecule has 84 valence electrons. The zero-order valence-corrected chi connectivity index (χ0v) is 9.58. The van der Waals surface area contributed by atoms with Gasteiger partial charge in [0.25, 0.3) is 0 Å². The number of thiazole rings is 1. The summed E-state index contributed by atoms with van der Waals surface area (Å²) in [6.07, 6.45) is 1.71.